The first-order valence-electron chi connectivity index (χ1n) is 3.64. The van der Waals surface area contributed by atoms with Crippen molar-refractivity contribution in [2.75, 3.05) is 7.11 Å². The first-order valence-corrected chi connectivity index (χ1v) is 6.61. The second-order valence-corrected chi connectivity index (χ2v) is 6.49. The van der Waals surface area contributed by atoms with Gasteiger partial charge in [0.25, 0.3) is 0 Å². The Morgan fingerprint density at radius 2 is 2.08 bits per heavy atom. The van der Waals surface area contributed by atoms with E-state index in [1.807, 2.05) is 17.4 Å². The van der Waals surface area contributed by atoms with Crippen LogP contribution in [-0.2, 0) is 0 Å². The van der Waals surface area contributed by atoms with Crippen LogP contribution in [0.1, 0.15) is 0 Å². The zero-order chi connectivity index (χ0) is 9.42. The van der Waals surface area contributed by atoms with Gasteiger partial charge in [0.2, 0.25) is 0 Å². The fourth-order valence-corrected chi connectivity index (χ4v) is 3.98. The van der Waals surface area contributed by atoms with Crippen LogP contribution < -0.4 is 4.74 Å². The van der Waals surface area contributed by atoms with Crippen LogP contribution in [0.15, 0.2) is 18.2 Å². The molecule has 0 radical (unpaired) electrons. The molecule has 0 N–H and O–H groups in total. The van der Waals surface area contributed by atoms with Crippen molar-refractivity contribution in [1.82, 2.24) is 0 Å². The third-order valence-electron chi connectivity index (χ3n) is 1.80. The predicted molar refractivity (Wildman–Crippen MR) is 73.8 cm³/mol. The van der Waals surface area contributed by atoms with Gasteiger partial charge in [0, 0.05) is 13.7 Å². The van der Waals surface area contributed by atoms with E-state index in [-0.39, 0.29) is 0 Å². The second-order valence-electron chi connectivity index (χ2n) is 2.55. The Morgan fingerprint density at radius 3 is 2.77 bits per heavy atom. The molecule has 0 aliphatic rings. The number of ether oxygens (including phenoxy) is 1. The van der Waals surface area contributed by atoms with Crippen molar-refractivity contribution in [2.45, 2.75) is 0 Å². The number of halogens is 2. The molecule has 1 nitrogen and oxygen atoms in total. The van der Waals surface area contributed by atoms with Crippen molar-refractivity contribution >= 4 is 66.6 Å². The summed E-state index contributed by atoms with van der Waals surface area (Å²) in [6.45, 7) is 0. The minimum atomic E-state index is 0.932. The number of hydrogen-bond donors (Lipinski definition) is 0. The Morgan fingerprint density at radius 1 is 1.31 bits per heavy atom. The van der Waals surface area contributed by atoms with Crippen LogP contribution in [0.2, 0.25) is 0 Å². The number of fused-ring (bicyclic) bond motifs is 1. The van der Waals surface area contributed by atoms with Gasteiger partial charge in [-0.25, -0.2) is 0 Å². The average molecular weight is 416 g/mol. The highest BCUT2D eigenvalue weighted by atomic mass is 127. The lowest BCUT2D eigenvalue weighted by Crippen LogP contribution is -1.80. The fraction of sp³-hybridized carbons (Fsp3) is 0.111. The molecule has 1 heterocycles. The number of rotatable bonds is 1. The van der Waals surface area contributed by atoms with Crippen LogP contribution >= 0.6 is 56.5 Å². The van der Waals surface area contributed by atoms with Crippen molar-refractivity contribution in [1.29, 1.82) is 0 Å². The van der Waals surface area contributed by atoms with Gasteiger partial charge in [0.15, 0.2) is 0 Å². The normalized spacial score (nSPS) is 10.7. The van der Waals surface area contributed by atoms with Crippen LogP contribution in [0.5, 0.6) is 5.75 Å². The summed E-state index contributed by atoms with van der Waals surface area (Å²) in [7, 11) is 1.70. The van der Waals surface area contributed by atoms with Gasteiger partial charge >= 0.3 is 0 Å². The molecule has 13 heavy (non-hydrogen) atoms. The minimum Gasteiger partial charge on any atom is -0.497 e. The SMILES string of the molecule is COc1ccc2c(I)c(I)sc2c1. The van der Waals surface area contributed by atoms with Crippen molar-refractivity contribution in [2.24, 2.45) is 0 Å². The van der Waals surface area contributed by atoms with Gasteiger partial charge in [0.05, 0.1) is 9.99 Å². The van der Waals surface area contributed by atoms with E-state index >= 15 is 0 Å². The van der Waals surface area contributed by atoms with E-state index in [0.29, 0.717) is 0 Å². The Balaban J connectivity index is 2.73. The molecule has 1 aromatic carbocycles. The van der Waals surface area contributed by atoms with Gasteiger partial charge in [-0.2, -0.15) is 0 Å². The standard InChI is InChI=1S/C9H6I2OS/c1-12-5-2-3-6-7(4-5)13-9(11)8(6)10/h2-4H,1H3. The topological polar surface area (TPSA) is 9.23 Å². The monoisotopic (exact) mass is 416 g/mol. The van der Waals surface area contributed by atoms with Gasteiger partial charge in [-0.05, 0) is 63.4 Å². The van der Waals surface area contributed by atoms with Gasteiger partial charge in [-0.15, -0.1) is 11.3 Å². The summed E-state index contributed by atoms with van der Waals surface area (Å²) in [5.74, 6) is 0.932. The zero-order valence-corrected chi connectivity index (χ0v) is 11.9. The molecule has 0 spiro atoms. The van der Waals surface area contributed by atoms with Crippen molar-refractivity contribution in [3.8, 4) is 5.75 Å². The van der Waals surface area contributed by atoms with Gasteiger partial charge in [-0.3, -0.25) is 0 Å². The molecule has 0 bridgehead atoms. The van der Waals surface area contributed by atoms with E-state index in [1.165, 1.54) is 16.5 Å². The molecule has 2 rings (SSSR count). The molecule has 0 unspecified atom stereocenters. The summed E-state index contributed by atoms with van der Waals surface area (Å²) in [6.07, 6.45) is 0. The Labute approximate surface area is 108 Å². The Kier molecular flexibility index (Phi) is 2.99. The molecule has 68 valence electrons. The largest absolute Gasteiger partial charge is 0.497 e. The minimum absolute atomic E-state index is 0.932. The molecule has 0 fully saturated rings. The Hall–Kier alpha value is 0.440. The number of thiophene rings is 1. The number of methoxy groups -OCH3 is 1. The van der Waals surface area contributed by atoms with Gasteiger partial charge < -0.3 is 4.74 Å². The lowest BCUT2D eigenvalue weighted by atomic mass is 10.2. The van der Waals surface area contributed by atoms with E-state index < -0.39 is 0 Å². The fourth-order valence-electron chi connectivity index (χ4n) is 1.14. The molecule has 0 atom stereocenters. The van der Waals surface area contributed by atoms with Crippen molar-refractivity contribution in [3.05, 3.63) is 24.7 Å². The summed E-state index contributed by atoms with van der Waals surface area (Å²) >= 11 is 6.56. The lowest BCUT2D eigenvalue weighted by molar-refractivity contribution is 0.415. The molecular weight excluding hydrogens is 410 g/mol. The van der Waals surface area contributed by atoms with Crippen LogP contribution in [-0.4, -0.2) is 7.11 Å². The zero-order valence-electron chi connectivity index (χ0n) is 6.80. The predicted octanol–water partition coefficient (Wildman–Crippen LogP) is 4.12. The highest BCUT2D eigenvalue weighted by Gasteiger charge is 2.07. The van der Waals surface area contributed by atoms with E-state index in [0.717, 1.165) is 5.75 Å². The molecule has 0 saturated heterocycles. The number of benzene rings is 1. The van der Waals surface area contributed by atoms with E-state index in [4.69, 9.17) is 4.74 Å². The summed E-state index contributed by atoms with van der Waals surface area (Å²) in [4.78, 5) is 0. The van der Waals surface area contributed by atoms with Gasteiger partial charge in [0.1, 0.15) is 5.75 Å². The highest BCUT2D eigenvalue weighted by molar-refractivity contribution is 14.1. The summed E-state index contributed by atoms with van der Waals surface area (Å²) < 4.78 is 9.17. The smallest absolute Gasteiger partial charge is 0.120 e. The lowest BCUT2D eigenvalue weighted by Gasteiger charge is -1.97. The quantitative estimate of drug-likeness (QED) is 0.636. The maximum atomic E-state index is 5.17. The molecule has 0 aliphatic heterocycles. The molecule has 0 saturated carbocycles. The third kappa shape index (κ3) is 1.80. The maximum Gasteiger partial charge on any atom is 0.120 e. The highest BCUT2D eigenvalue weighted by Crippen LogP contribution is 2.35. The average Bonchev–Trinajstić information content (AvgIpc) is 2.42. The second kappa shape index (κ2) is 3.90. The summed E-state index contributed by atoms with van der Waals surface area (Å²) in [5, 5.41) is 1.33. The van der Waals surface area contributed by atoms with E-state index in [2.05, 4.69) is 57.3 Å². The van der Waals surface area contributed by atoms with Crippen LogP contribution in [0.3, 0.4) is 0 Å². The summed E-state index contributed by atoms with van der Waals surface area (Å²) in [6, 6.07) is 6.21. The first kappa shape index (κ1) is 9.97. The molecule has 0 amide bonds. The van der Waals surface area contributed by atoms with E-state index in [9.17, 15) is 0 Å². The van der Waals surface area contributed by atoms with Crippen LogP contribution in [0.4, 0.5) is 0 Å². The molecule has 1 aromatic heterocycles. The molecule has 2 aromatic rings. The third-order valence-corrected chi connectivity index (χ3v) is 6.46. The van der Waals surface area contributed by atoms with E-state index in [1.54, 1.807) is 7.11 Å². The Bertz CT molecular complexity index is 450. The van der Waals surface area contributed by atoms with Gasteiger partial charge in [-0.1, -0.05) is 0 Å². The molecule has 0 aliphatic carbocycles. The van der Waals surface area contributed by atoms with Crippen LogP contribution in [0.25, 0.3) is 10.1 Å². The first-order chi connectivity index (χ1) is 6.22. The molecule has 4 heteroatoms. The summed E-state index contributed by atoms with van der Waals surface area (Å²) in [5.41, 5.74) is 0. The molecular formula is C9H6I2OS. The van der Waals surface area contributed by atoms with Crippen molar-refractivity contribution < 1.29 is 4.74 Å². The maximum absolute atomic E-state index is 5.17. The van der Waals surface area contributed by atoms with Crippen molar-refractivity contribution in [3.63, 3.8) is 0 Å². The number of hydrogen-bond acceptors (Lipinski definition) is 2. The van der Waals surface area contributed by atoms with Crippen LogP contribution in [0, 0.1) is 6.45 Å².